The van der Waals surface area contributed by atoms with Gasteiger partial charge in [0.2, 0.25) is 0 Å². The molecule has 0 aromatic carbocycles. The summed E-state index contributed by atoms with van der Waals surface area (Å²) in [4.78, 5) is 11.6. The summed E-state index contributed by atoms with van der Waals surface area (Å²) < 4.78 is 17.6. The minimum atomic E-state index is -0.950. The highest BCUT2D eigenvalue weighted by Crippen LogP contribution is 2.71. The number of rotatable bonds is 2. The number of carbonyl (C=O) groups is 1. The average molecular weight is 324 g/mol. The van der Waals surface area contributed by atoms with Crippen molar-refractivity contribution in [3.63, 3.8) is 0 Å². The fourth-order valence-electron chi connectivity index (χ4n) is 5.40. The molecule has 6 heteroatoms. The van der Waals surface area contributed by atoms with Gasteiger partial charge < -0.3 is 24.4 Å². The lowest BCUT2D eigenvalue weighted by molar-refractivity contribution is -0.229. The summed E-state index contributed by atoms with van der Waals surface area (Å²) >= 11 is 0. The van der Waals surface area contributed by atoms with E-state index in [9.17, 15) is 15.0 Å². The summed E-state index contributed by atoms with van der Waals surface area (Å²) in [6, 6.07) is 0. The van der Waals surface area contributed by atoms with E-state index in [1.54, 1.807) is 0 Å². The lowest BCUT2D eigenvalue weighted by Gasteiger charge is -2.57. The monoisotopic (exact) mass is 324 g/mol. The maximum Gasteiger partial charge on any atom is 0.303 e. The van der Waals surface area contributed by atoms with Crippen molar-refractivity contribution in [2.24, 2.45) is 10.8 Å². The standard InChI is InChI=1S/C17H24O6/c1-9-4-5-16(7-18)11(6-9)23-14-12(20)13(22-10(2)19)15(16,3)17(14)8-21-17/h6,11-14,18,20H,4-5,7-8H2,1-3H3. The van der Waals surface area contributed by atoms with Gasteiger partial charge in [-0.25, -0.2) is 0 Å². The number of hydrogen-bond donors (Lipinski definition) is 2. The van der Waals surface area contributed by atoms with Gasteiger partial charge in [0, 0.05) is 12.3 Å². The van der Waals surface area contributed by atoms with E-state index in [1.165, 1.54) is 12.5 Å². The van der Waals surface area contributed by atoms with Crippen molar-refractivity contribution in [2.45, 2.75) is 63.6 Å². The quantitative estimate of drug-likeness (QED) is 0.438. The Morgan fingerprint density at radius 1 is 1.52 bits per heavy atom. The molecule has 1 saturated carbocycles. The second kappa shape index (κ2) is 4.57. The van der Waals surface area contributed by atoms with Crippen LogP contribution in [0.5, 0.6) is 0 Å². The van der Waals surface area contributed by atoms with Gasteiger partial charge in [0.15, 0.2) is 0 Å². The Kier molecular flexibility index (Phi) is 3.09. The van der Waals surface area contributed by atoms with Crippen LogP contribution in [-0.2, 0) is 19.0 Å². The number of aliphatic hydroxyl groups is 2. The average Bonchev–Trinajstić information content (AvgIpc) is 3.28. The summed E-state index contributed by atoms with van der Waals surface area (Å²) in [5, 5.41) is 21.1. The largest absolute Gasteiger partial charge is 0.459 e. The zero-order valence-corrected chi connectivity index (χ0v) is 13.7. The third kappa shape index (κ3) is 1.60. The normalized spacial score (nSPS) is 53.7. The van der Waals surface area contributed by atoms with E-state index in [-0.39, 0.29) is 12.7 Å². The van der Waals surface area contributed by atoms with Gasteiger partial charge in [0.05, 0.1) is 24.7 Å². The lowest BCUT2D eigenvalue weighted by Crippen LogP contribution is -2.66. The molecule has 6 nitrogen and oxygen atoms in total. The first kappa shape index (κ1) is 15.6. The fourth-order valence-corrected chi connectivity index (χ4v) is 5.40. The van der Waals surface area contributed by atoms with Crippen LogP contribution in [0, 0.1) is 10.8 Å². The molecule has 4 aliphatic rings. The SMILES string of the molecule is CC(=O)OC1C(O)C2OC3C=C(C)CCC3(CO)C1(C)C21CO1. The third-order valence-electron chi connectivity index (χ3n) is 6.83. The Labute approximate surface area is 135 Å². The molecular weight excluding hydrogens is 300 g/mol. The summed E-state index contributed by atoms with van der Waals surface area (Å²) in [6.45, 7) is 5.73. The molecular formula is C17H24O6. The second-order valence-corrected chi connectivity index (χ2v) is 7.71. The Morgan fingerprint density at radius 2 is 2.22 bits per heavy atom. The van der Waals surface area contributed by atoms with Crippen LogP contribution >= 0.6 is 0 Å². The van der Waals surface area contributed by atoms with Crippen molar-refractivity contribution in [3.05, 3.63) is 11.6 Å². The molecule has 3 fully saturated rings. The predicted molar refractivity (Wildman–Crippen MR) is 79.5 cm³/mol. The van der Waals surface area contributed by atoms with E-state index >= 15 is 0 Å². The minimum Gasteiger partial charge on any atom is -0.459 e. The first-order chi connectivity index (χ1) is 10.8. The van der Waals surface area contributed by atoms with Gasteiger partial charge in [-0.3, -0.25) is 4.79 Å². The number of hydrogen-bond acceptors (Lipinski definition) is 6. The van der Waals surface area contributed by atoms with Crippen molar-refractivity contribution in [1.29, 1.82) is 0 Å². The fraction of sp³-hybridized carbons (Fsp3) is 0.824. The Hall–Kier alpha value is -0.950. The van der Waals surface area contributed by atoms with Gasteiger partial charge in [-0.05, 0) is 19.8 Å². The molecule has 23 heavy (non-hydrogen) atoms. The maximum atomic E-state index is 11.6. The summed E-state index contributed by atoms with van der Waals surface area (Å²) in [5.41, 5.74) is -0.777. The third-order valence-corrected chi connectivity index (χ3v) is 6.83. The number of ether oxygens (including phenoxy) is 3. The number of aliphatic hydroxyl groups excluding tert-OH is 2. The van der Waals surface area contributed by atoms with Crippen LogP contribution in [0.3, 0.4) is 0 Å². The molecule has 0 radical (unpaired) electrons. The summed E-state index contributed by atoms with van der Waals surface area (Å²) in [6.07, 6.45) is 1.08. The van der Waals surface area contributed by atoms with Gasteiger partial charge in [0.1, 0.15) is 23.9 Å². The van der Waals surface area contributed by atoms with E-state index in [0.717, 1.165) is 12.8 Å². The molecule has 2 saturated heterocycles. The molecule has 2 bridgehead atoms. The van der Waals surface area contributed by atoms with Gasteiger partial charge in [-0.15, -0.1) is 0 Å². The molecule has 0 aromatic heterocycles. The molecule has 0 aromatic rings. The maximum absolute atomic E-state index is 11.6. The van der Waals surface area contributed by atoms with Gasteiger partial charge in [0.25, 0.3) is 0 Å². The van der Waals surface area contributed by atoms with Crippen LogP contribution in [0.25, 0.3) is 0 Å². The Morgan fingerprint density at radius 3 is 2.78 bits per heavy atom. The van der Waals surface area contributed by atoms with Crippen LogP contribution in [0.15, 0.2) is 11.6 Å². The van der Waals surface area contributed by atoms with E-state index in [0.29, 0.717) is 6.61 Å². The zero-order chi connectivity index (χ0) is 16.6. The molecule has 2 heterocycles. The molecule has 2 aliphatic heterocycles. The number of carbonyl (C=O) groups excluding carboxylic acids is 1. The van der Waals surface area contributed by atoms with Crippen LogP contribution < -0.4 is 0 Å². The van der Waals surface area contributed by atoms with Crippen LogP contribution in [-0.4, -0.2) is 59.4 Å². The minimum absolute atomic E-state index is 0.0970. The predicted octanol–water partition coefficient (Wildman–Crippen LogP) is 0.554. The van der Waals surface area contributed by atoms with E-state index in [1.807, 2.05) is 19.9 Å². The number of allylic oxidation sites excluding steroid dienone is 1. The van der Waals surface area contributed by atoms with E-state index in [2.05, 4.69) is 0 Å². The molecule has 128 valence electrons. The zero-order valence-electron chi connectivity index (χ0n) is 13.7. The van der Waals surface area contributed by atoms with E-state index in [4.69, 9.17) is 14.2 Å². The van der Waals surface area contributed by atoms with Crippen molar-refractivity contribution < 1.29 is 29.2 Å². The lowest BCUT2D eigenvalue weighted by atomic mass is 9.51. The molecule has 2 aliphatic carbocycles. The molecule has 0 amide bonds. The highest BCUT2D eigenvalue weighted by Gasteiger charge is 2.85. The topological polar surface area (TPSA) is 88.5 Å². The van der Waals surface area contributed by atoms with Crippen molar-refractivity contribution in [3.8, 4) is 0 Å². The molecule has 2 N–H and O–H groups in total. The van der Waals surface area contributed by atoms with Crippen molar-refractivity contribution in [2.75, 3.05) is 13.2 Å². The Balaban J connectivity index is 1.88. The smallest absolute Gasteiger partial charge is 0.303 e. The number of esters is 1. The Bertz CT molecular complexity index is 582. The summed E-state index contributed by atoms with van der Waals surface area (Å²) in [5.74, 6) is -0.439. The van der Waals surface area contributed by atoms with E-state index < -0.39 is 40.7 Å². The highest BCUT2D eigenvalue weighted by molar-refractivity contribution is 5.66. The summed E-state index contributed by atoms with van der Waals surface area (Å²) in [7, 11) is 0. The number of epoxide rings is 1. The van der Waals surface area contributed by atoms with Gasteiger partial charge >= 0.3 is 5.97 Å². The number of fused-ring (bicyclic) bond motifs is 2. The van der Waals surface area contributed by atoms with Gasteiger partial charge in [-0.1, -0.05) is 18.6 Å². The second-order valence-electron chi connectivity index (χ2n) is 7.71. The van der Waals surface area contributed by atoms with Crippen molar-refractivity contribution >= 4 is 5.97 Å². The van der Waals surface area contributed by atoms with Crippen LogP contribution in [0.4, 0.5) is 0 Å². The van der Waals surface area contributed by atoms with Crippen LogP contribution in [0.1, 0.15) is 33.6 Å². The first-order valence-corrected chi connectivity index (χ1v) is 8.25. The molecule has 1 spiro atoms. The van der Waals surface area contributed by atoms with Crippen molar-refractivity contribution in [1.82, 2.24) is 0 Å². The molecule has 7 atom stereocenters. The molecule has 4 rings (SSSR count). The highest BCUT2D eigenvalue weighted by atomic mass is 16.7. The first-order valence-electron chi connectivity index (χ1n) is 8.25. The molecule has 7 unspecified atom stereocenters. The van der Waals surface area contributed by atoms with Gasteiger partial charge in [-0.2, -0.15) is 0 Å². The van der Waals surface area contributed by atoms with Crippen LogP contribution in [0.2, 0.25) is 0 Å².